The number of hydrogen-bond donors (Lipinski definition) is 1. The summed E-state index contributed by atoms with van der Waals surface area (Å²) in [5.74, 6) is 0.0110. The maximum Gasteiger partial charge on any atom is 0.255 e. The molecule has 2 rings (SSSR count). The number of benzene rings is 1. The predicted octanol–water partition coefficient (Wildman–Crippen LogP) is 1.98. The van der Waals surface area contributed by atoms with Gasteiger partial charge in [0.2, 0.25) is 0 Å². The molecule has 5 heteroatoms. The van der Waals surface area contributed by atoms with Crippen LogP contribution in [0.4, 0.5) is 11.4 Å². The van der Waals surface area contributed by atoms with Gasteiger partial charge >= 0.3 is 0 Å². The number of amides is 1. The van der Waals surface area contributed by atoms with Crippen molar-refractivity contribution in [3.8, 4) is 0 Å². The number of nitrogens with two attached hydrogens (primary N) is 1. The Kier molecular flexibility index (Phi) is 5.07. The average Bonchev–Trinajstić information content (AvgIpc) is 2.47. The fourth-order valence-electron chi connectivity index (χ4n) is 2.73. The van der Waals surface area contributed by atoms with E-state index >= 15 is 0 Å². The van der Waals surface area contributed by atoms with Gasteiger partial charge in [-0.2, -0.15) is 0 Å². The lowest BCUT2D eigenvalue weighted by Crippen LogP contribution is -2.38. The highest BCUT2D eigenvalue weighted by molar-refractivity contribution is 6.00. The third-order valence-electron chi connectivity index (χ3n) is 3.84. The molecule has 1 fully saturated rings. The molecule has 1 aromatic rings. The summed E-state index contributed by atoms with van der Waals surface area (Å²) < 4.78 is 5.68. The van der Waals surface area contributed by atoms with Gasteiger partial charge in [0.25, 0.3) is 5.91 Å². The first-order valence-corrected chi connectivity index (χ1v) is 7.50. The van der Waals surface area contributed by atoms with Crippen LogP contribution in [0.2, 0.25) is 0 Å². The summed E-state index contributed by atoms with van der Waals surface area (Å²) in [4.78, 5) is 16.2. The minimum atomic E-state index is 0.0110. The quantitative estimate of drug-likeness (QED) is 0.862. The standard InChI is InChI=1S/C16H25N3O2/c1-4-21-13-7-9-19(10-8-13)15-11-12(17)5-6-14(15)16(20)18(2)3/h5-6,11,13H,4,7-10,17H2,1-3H3. The molecule has 0 atom stereocenters. The minimum absolute atomic E-state index is 0.0110. The number of piperidine rings is 1. The molecule has 21 heavy (non-hydrogen) atoms. The second-order valence-corrected chi connectivity index (χ2v) is 5.62. The maximum absolute atomic E-state index is 12.3. The summed E-state index contributed by atoms with van der Waals surface area (Å²) in [7, 11) is 3.54. The molecule has 1 aliphatic rings. The normalized spacial score (nSPS) is 16.0. The molecule has 0 radical (unpaired) electrons. The molecule has 1 aliphatic heterocycles. The van der Waals surface area contributed by atoms with Gasteiger partial charge in [-0.05, 0) is 38.0 Å². The van der Waals surface area contributed by atoms with Crippen molar-refractivity contribution in [1.82, 2.24) is 4.90 Å². The molecule has 0 aromatic heterocycles. The van der Waals surface area contributed by atoms with Crippen molar-refractivity contribution in [3.63, 3.8) is 0 Å². The average molecular weight is 291 g/mol. The number of hydrogen-bond acceptors (Lipinski definition) is 4. The van der Waals surface area contributed by atoms with E-state index in [1.165, 1.54) is 0 Å². The SMILES string of the molecule is CCOC1CCN(c2cc(N)ccc2C(=O)N(C)C)CC1. The van der Waals surface area contributed by atoms with Crippen LogP contribution in [-0.2, 0) is 4.74 Å². The Morgan fingerprint density at radius 3 is 2.62 bits per heavy atom. The second kappa shape index (κ2) is 6.80. The van der Waals surface area contributed by atoms with Crippen molar-refractivity contribution in [2.75, 3.05) is 44.4 Å². The number of nitrogens with zero attached hydrogens (tertiary/aromatic N) is 2. The zero-order valence-electron chi connectivity index (χ0n) is 13.1. The Morgan fingerprint density at radius 2 is 2.05 bits per heavy atom. The van der Waals surface area contributed by atoms with Crippen LogP contribution in [0.15, 0.2) is 18.2 Å². The van der Waals surface area contributed by atoms with Gasteiger partial charge in [-0.25, -0.2) is 0 Å². The van der Waals surface area contributed by atoms with Crippen LogP contribution in [0.1, 0.15) is 30.1 Å². The van der Waals surface area contributed by atoms with Gasteiger partial charge in [0, 0.05) is 39.5 Å². The molecule has 2 N–H and O–H groups in total. The largest absolute Gasteiger partial charge is 0.399 e. The van der Waals surface area contributed by atoms with Crippen LogP contribution in [-0.4, -0.2) is 50.7 Å². The van der Waals surface area contributed by atoms with Gasteiger partial charge < -0.3 is 20.3 Å². The van der Waals surface area contributed by atoms with E-state index in [0.29, 0.717) is 17.4 Å². The summed E-state index contributed by atoms with van der Waals surface area (Å²) in [5.41, 5.74) is 8.24. The lowest BCUT2D eigenvalue weighted by Gasteiger charge is -2.34. The molecule has 0 bridgehead atoms. The van der Waals surface area contributed by atoms with Gasteiger partial charge in [0.15, 0.2) is 0 Å². The Labute approximate surface area is 126 Å². The van der Waals surface area contributed by atoms with Gasteiger partial charge in [-0.1, -0.05) is 0 Å². The predicted molar refractivity (Wildman–Crippen MR) is 85.7 cm³/mol. The van der Waals surface area contributed by atoms with Crippen molar-refractivity contribution in [3.05, 3.63) is 23.8 Å². The molecule has 5 nitrogen and oxygen atoms in total. The number of carbonyl (C=O) groups excluding carboxylic acids is 1. The Hall–Kier alpha value is -1.75. The highest BCUT2D eigenvalue weighted by Crippen LogP contribution is 2.28. The second-order valence-electron chi connectivity index (χ2n) is 5.62. The summed E-state index contributed by atoms with van der Waals surface area (Å²) in [5, 5.41) is 0. The smallest absolute Gasteiger partial charge is 0.255 e. The van der Waals surface area contributed by atoms with E-state index in [1.54, 1.807) is 25.1 Å². The molecular formula is C16H25N3O2. The van der Waals surface area contributed by atoms with Crippen LogP contribution < -0.4 is 10.6 Å². The van der Waals surface area contributed by atoms with E-state index in [1.807, 2.05) is 19.1 Å². The van der Waals surface area contributed by atoms with Crippen LogP contribution in [0.25, 0.3) is 0 Å². The van der Waals surface area contributed by atoms with Crippen molar-refractivity contribution in [2.45, 2.75) is 25.9 Å². The number of nitrogen functional groups attached to an aromatic ring is 1. The lowest BCUT2D eigenvalue weighted by molar-refractivity contribution is 0.0459. The molecule has 0 saturated carbocycles. The molecule has 1 saturated heterocycles. The number of anilines is 2. The van der Waals surface area contributed by atoms with Crippen molar-refractivity contribution in [1.29, 1.82) is 0 Å². The number of rotatable bonds is 4. The lowest BCUT2D eigenvalue weighted by atomic mass is 10.0. The molecule has 116 valence electrons. The summed E-state index contributed by atoms with van der Waals surface area (Å²) >= 11 is 0. The zero-order chi connectivity index (χ0) is 15.4. The highest BCUT2D eigenvalue weighted by Gasteiger charge is 2.23. The Balaban J connectivity index is 2.19. The molecule has 1 aromatic carbocycles. The van der Waals surface area contributed by atoms with Crippen molar-refractivity contribution < 1.29 is 9.53 Å². The molecule has 0 spiro atoms. The third-order valence-corrected chi connectivity index (χ3v) is 3.84. The number of carbonyl (C=O) groups is 1. The summed E-state index contributed by atoms with van der Waals surface area (Å²) in [6, 6.07) is 5.51. The van der Waals surface area contributed by atoms with E-state index in [0.717, 1.165) is 38.2 Å². The Morgan fingerprint density at radius 1 is 1.38 bits per heavy atom. The third kappa shape index (κ3) is 3.67. The van der Waals surface area contributed by atoms with Crippen LogP contribution in [0, 0.1) is 0 Å². The van der Waals surface area contributed by atoms with E-state index < -0.39 is 0 Å². The fourth-order valence-corrected chi connectivity index (χ4v) is 2.73. The van der Waals surface area contributed by atoms with Crippen molar-refractivity contribution in [2.24, 2.45) is 0 Å². The van der Waals surface area contributed by atoms with E-state index in [2.05, 4.69) is 4.90 Å². The monoisotopic (exact) mass is 291 g/mol. The number of ether oxygens (including phenoxy) is 1. The zero-order valence-corrected chi connectivity index (χ0v) is 13.1. The van der Waals surface area contributed by atoms with Gasteiger partial charge in [0.05, 0.1) is 17.4 Å². The molecule has 1 heterocycles. The topological polar surface area (TPSA) is 58.8 Å². The fraction of sp³-hybridized carbons (Fsp3) is 0.562. The van der Waals surface area contributed by atoms with Crippen molar-refractivity contribution >= 4 is 17.3 Å². The van der Waals surface area contributed by atoms with Crippen LogP contribution in [0.3, 0.4) is 0 Å². The summed E-state index contributed by atoms with van der Waals surface area (Å²) in [6.45, 7) is 4.56. The maximum atomic E-state index is 12.3. The van der Waals surface area contributed by atoms with E-state index in [9.17, 15) is 4.79 Å². The molecule has 0 unspecified atom stereocenters. The highest BCUT2D eigenvalue weighted by atomic mass is 16.5. The minimum Gasteiger partial charge on any atom is -0.399 e. The molecule has 0 aliphatic carbocycles. The first kappa shape index (κ1) is 15.6. The first-order chi connectivity index (χ1) is 10.0. The van der Waals surface area contributed by atoms with Crippen LogP contribution in [0.5, 0.6) is 0 Å². The van der Waals surface area contributed by atoms with E-state index in [-0.39, 0.29) is 5.91 Å². The van der Waals surface area contributed by atoms with Gasteiger partial charge in [-0.15, -0.1) is 0 Å². The first-order valence-electron chi connectivity index (χ1n) is 7.50. The van der Waals surface area contributed by atoms with Crippen LogP contribution >= 0.6 is 0 Å². The summed E-state index contributed by atoms with van der Waals surface area (Å²) in [6.07, 6.45) is 2.30. The Bertz CT molecular complexity index is 494. The molecule has 1 amide bonds. The van der Waals surface area contributed by atoms with E-state index in [4.69, 9.17) is 10.5 Å². The van der Waals surface area contributed by atoms with Gasteiger partial charge in [0.1, 0.15) is 0 Å². The molecular weight excluding hydrogens is 266 g/mol. The van der Waals surface area contributed by atoms with Gasteiger partial charge in [-0.3, -0.25) is 4.79 Å².